The number of nitrogens with zero attached hydrogens (tertiary/aromatic N) is 1. The average Bonchev–Trinajstić information content (AvgIpc) is 2.52. The van der Waals surface area contributed by atoms with Crippen LogP contribution in [0.3, 0.4) is 0 Å². The molecule has 0 aromatic rings. The first-order valence-corrected chi connectivity index (χ1v) is 5.31. The van der Waals surface area contributed by atoms with Gasteiger partial charge in [-0.05, 0) is 12.8 Å². The van der Waals surface area contributed by atoms with Crippen LogP contribution in [0.4, 0.5) is 0 Å². The van der Waals surface area contributed by atoms with Crippen molar-refractivity contribution in [2.75, 3.05) is 13.1 Å². The van der Waals surface area contributed by atoms with Crippen LogP contribution < -0.4 is 11.5 Å². The highest BCUT2D eigenvalue weighted by molar-refractivity contribution is 7.80. The molecule has 0 saturated heterocycles. The van der Waals surface area contributed by atoms with Crippen molar-refractivity contribution in [3.8, 4) is 0 Å². The zero-order valence-corrected chi connectivity index (χ0v) is 9.05. The molecule has 5 heteroatoms. The van der Waals surface area contributed by atoms with Gasteiger partial charge in [0.05, 0.1) is 11.5 Å². The van der Waals surface area contributed by atoms with Gasteiger partial charge in [-0.25, -0.2) is 0 Å². The van der Waals surface area contributed by atoms with Crippen LogP contribution in [-0.4, -0.2) is 34.9 Å². The lowest BCUT2D eigenvalue weighted by Crippen LogP contribution is -2.44. The summed E-state index contributed by atoms with van der Waals surface area (Å²) in [5, 5.41) is 0. The van der Waals surface area contributed by atoms with Gasteiger partial charge in [-0.15, -0.1) is 0 Å². The molecule has 0 aromatic heterocycles. The normalized spacial score (nSPS) is 17.5. The molecule has 0 heterocycles. The zero-order valence-electron chi connectivity index (χ0n) is 8.24. The number of primary amides is 1. The highest BCUT2D eigenvalue weighted by Gasteiger charge is 2.23. The summed E-state index contributed by atoms with van der Waals surface area (Å²) in [5.74, 6) is -0.312. The second-order valence-corrected chi connectivity index (χ2v) is 4.30. The molecule has 4 nitrogen and oxygen atoms in total. The second kappa shape index (κ2) is 5.26. The van der Waals surface area contributed by atoms with E-state index in [1.165, 1.54) is 12.8 Å². The molecule has 1 fully saturated rings. The molecule has 0 aliphatic heterocycles. The van der Waals surface area contributed by atoms with Crippen molar-refractivity contribution in [1.29, 1.82) is 0 Å². The monoisotopic (exact) mass is 215 g/mol. The van der Waals surface area contributed by atoms with Crippen molar-refractivity contribution in [3.05, 3.63) is 0 Å². The smallest absolute Gasteiger partial charge is 0.231 e. The Morgan fingerprint density at radius 3 is 2.29 bits per heavy atom. The molecule has 1 aliphatic carbocycles. The predicted molar refractivity (Wildman–Crippen MR) is 59.8 cm³/mol. The fraction of sp³-hybridized carbons (Fsp3) is 0.778. The Kier molecular flexibility index (Phi) is 4.28. The summed E-state index contributed by atoms with van der Waals surface area (Å²) in [6.45, 7) is 0.769. The third kappa shape index (κ3) is 3.59. The van der Waals surface area contributed by atoms with Crippen LogP contribution in [0.5, 0.6) is 0 Å². The van der Waals surface area contributed by atoms with Crippen molar-refractivity contribution in [1.82, 2.24) is 4.90 Å². The predicted octanol–water partition coefficient (Wildman–Crippen LogP) is 0.00240. The van der Waals surface area contributed by atoms with Gasteiger partial charge in [0.2, 0.25) is 5.91 Å². The first-order chi connectivity index (χ1) is 6.59. The largest absolute Gasteiger partial charge is 0.392 e. The third-order valence-electron chi connectivity index (χ3n) is 2.56. The molecule has 0 radical (unpaired) electrons. The molecule has 14 heavy (non-hydrogen) atoms. The Morgan fingerprint density at radius 1 is 1.29 bits per heavy atom. The maximum absolute atomic E-state index is 10.8. The van der Waals surface area contributed by atoms with Gasteiger partial charge in [0, 0.05) is 12.6 Å². The second-order valence-electron chi connectivity index (χ2n) is 3.78. The number of carbonyl (C=O) groups excluding carboxylic acids is 1. The molecule has 80 valence electrons. The van der Waals surface area contributed by atoms with E-state index in [0.29, 0.717) is 17.6 Å². The highest BCUT2D eigenvalue weighted by Crippen LogP contribution is 2.22. The number of carbonyl (C=O) groups is 1. The molecular formula is C9H17N3OS. The summed E-state index contributed by atoms with van der Waals surface area (Å²) in [6.07, 6.45) is 4.68. The quantitative estimate of drug-likeness (QED) is 0.633. The summed E-state index contributed by atoms with van der Waals surface area (Å²) in [6, 6.07) is 0.434. The van der Waals surface area contributed by atoms with Gasteiger partial charge in [0.1, 0.15) is 0 Å². The van der Waals surface area contributed by atoms with Crippen LogP contribution in [0, 0.1) is 0 Å². The number of nitrogens with two attached hydrogens (primary N) is 2. The molecule has 0 atom stereocenters. The number of amides is 1. The average molecular weight is 215 g/mol. The van der Waals surface area contributed by atoms with Crippen LogP contribution in [0.2, 0.25) is 0 Å². The maximum Gasteiger partial charge on any atom is 0.231 e. The van der Waals surface area contributed by atoms with Crippen molar-refractivity contribution < 1.29 is 4.79 Å². The summed E-state index contributed by atoms with van der Waals surface area (Å²) < 4.78 is 0. The molecule has 0 unspecified atom stereocenters. The first-order valence-electron chi connectivity index (χ1n) is 4.90. The van der Waals surface area contributed by atoms with E-state index in [-0.39, 0.29) is 12.5 Å². The van der Waals surface area contributed by atoms with Gasteiger partial charge >= 0.3 is 0 Å². The molecule has 1 aliphatic rings. The van der Waals surface area contributed by atoms with Gasteiger partial charge in [-0.2, -0.15) is 0 Å². The minimum absolute atomic E-state index is 0.266. The molecular weight excluding hydrogens is 198 g/mol. The molecule has 0 spiro atoms. The lowest BCUT2D eigenvalue weighted by molar-refractivity contribution is -0.119. The molecule has 1 amide bonds. The Morgan fingerprint density at radius 2 is 1.86 bits per heavy atom. The lowest BCUT2D eigenvalue weighted by atomic mass is 10.2. The van der Waals surface area contributed by atoms with Gasteiger partial charge in [0.15, 0.2) is 0 Å². The van der Waals surface area contributed by atoms with E-state index < -0.39 is 0 Å². The Balaban J connectivity index is 2.50. The topological polar surface area (TPSA) is 72.4 Å². The third-order valence-corrected chi connectivity index (χ3v) is 2.69. The van der Waals surface area contributed by atoms with E-state index in [4.69, 9.17) is 23.7 Å². The summed E-state index contributed by atoms with van der Waals surface area (Å²) in [7, 11) is 0. The summed E-state index contributed by atoms with van der Waals surface area (Å²) in [5.41, 5.74) is 10.6. The Labute approximate surface area is 89.6 Å². The maximum atomic E-state index is 10.8. The van der Waals surface area contributed by atoms with E-state index in [1.807, 2.05) is 4.90 Å². The highest BCUT2D eigenvalue weighted by atomic mass is 32.1. The van der Waals surface area contributed by atoms with E-state index >= 15 is 0 Å². The number of hydrogen-bond acceptors (Lipinski definition) is 3. The number of hydrogen-bond donors (Lipinski definition) is 2. The molecule has 1 saturated carbocycles. The molecule has 0 bridgehead atoms. The van der Waals surface area contributed by atoms with Crippen molar-refractivity contribution in [2.45, 2.75) is 31.7 Å². The van der Waals surface area contributed by atoms with Crippen LogP contribution in [0.1, 0.15) is 25.7 Å². The minimum Gasteiger partial charge on any atom is -0.392 e. The van der Waals surface area contributed by atoms with Crippen molar-refractivity contribution in [2.24, 2.45) is 11.5 Å². The number of rotatable bonds is 5. The van der Waals surface area contributed by atoms with Crippen LogP contribution in [-0.2, 0) is 4.79 Å². The Hall–Kier alpha value is -0.680. The lowest BCUT2D eigenvalue weighted by Gasteiger charge is -2.26. The van der Waals surface area contributed by atoms with E-state index in [9.17, 15) is 4.79 Å². The van der Waals surface area contributed by atoms with Crippen LogP contribution in [0.15, 0.2) is 0 Å². The van der Waals surface area contributed by atoms with E-state index in [2.05, 4.69) is 0 Å². The van der Waals surface area contributed by atoms with E-state index in [1.54, 1.807) is 0 Å². The van der Waals surface area contributed by atoms with Crippen LogP contribution >= 0.6 is 12.2 Å². The first kappa shape index (κ1) is 11.4. The number of thiocarbonyl (C=S) groups is 1. The Bertz CT molecular complexity index is 210. The molecule has 1 rings (SSSR count). The summed E-state index contributed by atoms with van der Waals surface area (Å²) in [4.78, 5) is 13.3. The molecule has 4 N–H and O–H groups in total. The van der Waals surface area contributed by atoms with Crippen LogP contribution in [0.25, 0.3) is 0 Å². The van der Waals surface area contributed by atoms with Gasteiger partial charge in [-0.1, -0.05) is 25.1 Å². The molecule has 0 aromatic carbocycles. The minimum atomic E-state index is -0.312. The standard InChI is InChI=1S/C9H17N3OS/c10-8(13)5-12(6-9(11)14)7-3-1-2-4-7/h7H,1-6H2,(H2,10,13)(H2,11,14). The SMILES string of the molecule is NC(=O)CN(CC(N)=S)C1CCCC1. The van der Waals surface area contributed by atoms with Gasteiger partial charge in [0.25, 0.3) is 0 Å². The summed E-state index contributed by atoms with van der Waals surface area (Å²) >= 11 is 4.84. The van der Waals surface area contributed by atoms with E-state index in [0.717, 1.165) is 12.8 Å². The fourth-order valence-corrected chi connectivity index (χ4v) is 2.15. The zero-order chi connectivity index (χ0) is 10.6. The van der Waals surface area contributed by atoms with Crippen molar-refractivity contribution in [3.63, 3.8) is 0 Å². The van der Waals surface area contributed by atoms with Crippen molar-refractivity contribution >= 4 is 23.1 Å². The van der Waals surface area contributed by atoms with Gasteiger partial charge < -0.3 is 11.5 Å². The fourth-order valence-electron chi connectivity index (χ4n) is 1.98. The van der Waals surface area contributed by atoms with Gasteiger partial charge in [-0.3, -0.25) is 9.69 Å².